The number of halogens is 1. The Morgan fingerprint density at radius 3 is 2.62 bits per heavy atom. The molecule has 1 aliphatic heterocycles. The first-order valence-electron chi connectivity index (χ1n) is 6.39. The lowest BCUT2D eigenvalue weighted by Gasteiger charge is -2.13. The van der Waals surface area contributed by atoms with Gasteiger partial charge in [-0.15, -0.1) is 0 Å². The van der Waals surface area contributed by atoms with Crippen LogP contribution in [0.4, 0.5) is 0 Å². The normalized spacial score (nSPS) is 16.2. The molecule has 1 saturated heterocycles. The molecule has 2 rings (SSSR count). The maximum absolute atomic E-state index is 11.7. The Bertz CT molecular complexity index is 616. The maximum Gasteiger partial charge on any atom is 0.263 e. The summed E-state index contributed by atoms with van der Waals surface area (Å²) in [5.74, 6) is 1.14. The van der Waals surface area contributed by atoms with Crippen molar-refractivity contribution in [1.29, 1.82) is 0 Å². The highest BCUT2D eigenvalue weighted by Gasteiger charge is 2.22. The molecule has 7 heteroatoms. The third-order valence-electron chi connectivity index (χ3n) is 2.56. The monoisotopic (exact) mass is 387 g/mol. The third kappa shape index (κ3) is 3.99. The van der Waals surface area contributed by atoms with Crippen molar-refractivity contribution in [1.82, 2.24) is 5.32 Å². The molecule has 1 heterocycles. The minimum Gasteiger partial charge on any atom is -0.490 e. The number of nitrogens with one attached hydrogen (secondary N) is 1. The second-order valence-corrected chi connectivity index (χ2v) is 6.62. The first kappa shape index (κ1) is 16.3. The van der Waals surface area contributed by atoms with E-state index >= 15 is 0 Å². The molecule has 1 aromatic rings. The largest absolute Gasteiger partial charge is 0.490 e. The number of hydrogen-bond acceptors (Lipinski definition) is 5. The molecule has 0 atom stereocenters. The zero-order valence-corrected chi connectivity index (χ0v) is 14.8. The van der Waals surface area contributed by atoms with E-state index in [-0.39, 0.29) is 5.91 Å². The number of carbonyl (C=O) groups excluding carboxylic acids is 1. The van der Waals surface area contributed by atoms with Gasteiger partial charge in [0.2, 0.25) is 0 Å². The van der Waals surface area contributed by atoms with Crippen molar-refractivity contribution in [2.75, 3.05) is 13.2 Å². The molecule has 1 amide bonds. The molecule has 112 valence electrons. The summed E-state index contributed by atoms with van der Waals surface area (Å²) < 4.78 is 12.5. The van der Waals surface area contributed by atoms with Crippen LogP contribution >= 0.6 is 39.9 Å². The standard InChI is InChI=1S/C14H14BrNO3S2/c1-3-18-10-6-8(5-9(15)12(10)19-4-2)7-11-13(17)16-14(20)21-11/h5-7H,3-4H2,1-2H3,(H,16,17,20)/b11-7+. The highest BCUT2D eigenvalue weighted by Crippen LogP contribution is 2.38. The molecule has 0 bridgehead atoms. The summed E-state index contributed by atoms with van der Waals surface area (Å²) in [7, 11) is 0. The summed E-state index contributed by atoms with van der Waals surface area (Å²) in [4.78, 5) is 12.3. The van der Waals surface area contributed by atoms with Crippen LogP contribution in [0.3, 0.4) is 0 Å². The minimum atomic E-state index is -0.173. The van der Waals surface area contributed by atoms with Crippen LogP contribution in [0.15, 0.2) is 21.5 Å². The highest BCUT2D eigenvalue weighted by molar-refractivity contribution is 9.10. The van der Waals surface area contributed by atoms with Gasteiger partial charge in [0.05, 0.1) is 22.6 Å². The van der Waals surface area contributed by atoms with Crippen molar-refractivity contribution in [2.45, 2.75) is 13.8 Å². The first-order chi connectivity index (χ1) is 10.0. The van der Waals surface area contributed by atoms with E-state index in [0.29, 0.717) is 33.9 Å². The lowest BCUT2D eigenvalue weighted by molar-refractivity contribution is -0.115. The zero-order valence-electron chi connectivity index (χ0n) is 11.6. The second-order valence-electron chi connectivity index (χ2n) is 4.05. The van der Waals surface area contributed by atoms with Crippen LogP contribution in [0.25, 0.3) is 6.08 Å². The van der Waals surface area contributed by atoms with Gasteiger partial charge in [0.15, 0.2) is 11.5 Å². The van der Waals surface area contributed by atoms with E-state index in [9.17, 15) is 4.79 Å². The van der Waals surface area contributed by atoms with Crippen molar-refractivity contribution in [3.63, 3.8) is 0 Å². The SMILES string of the molecule is CCOc1cc(/C=C2/SC(=S)NC2=O)cc(Br)c1OCC. The number of thiocarbonyl (C=S) groups is 1. The quantitative estimate of drug-likeness (QED) is 0.615. The lowest BCUT2D eigenvalue weighted by Crippen LogP contribution is -2.17. The Kier molecular flexibility index (Phi) is 5.66. The van der Waals surface area contributed by atoms with E-state index in [2.05, 4.69) is 21.2 Å². The molecule has 0 radical (unpaired) electrons. The number of amides is 1. The second kappa shape index (κ2) is 7.29. The molecule has 0 spiro atoms. The molecule has 0 aliphatic carbocycles. The van der Waals surface area contributed by atoms with Gasteiger partial charge < -0.3 is 14.8 Å². The fourth-order valence-electron chi connectivity index (χ4n) is 1.79. The van der Waals surface area contributed by atoms with Gasteiger partial charge in [0.1, 0.15) is 4.32 Å². The average Bonchev–Trinajstić information content (AvgIpc) is 2.72. The van der Waals surface area contributed by atoms with Crippen LogP contribution in [0.5, 0.6) is 11.5 Å². The predicted octanol–water partition coefficient (Wildman–Crippen LogP) is 3.74. The van der Waals surface area contributed by atoms with E-state index in [1.54, 1.807) is 6.08 Å². The Morgan fingerprint density at radius 1 is 1.33 bits per heavy atom. The summed E-state index contributed by atoms with van der Waals surface area (Å²) in [5, 5.41) is 2.59. The summed E-state index contributed by atoms with van der Waals surface area (Å²) in [6.45, 7) is 4.91. The summed E-state index contributed by atoms with van der Waals surface area (Å²) >= 11 is 9.70. The number of hydrogen-bond donors (Lipinski definition) is 1. The van der Waals surface area contributed by atoms with Gasteiger partial charge in [-0.25, -0.2) is 0 Å². The number of thioether (sulfide) groups is 1. The van der Waals surface area contributed by atoms with Gasteiger partial charge in [0.25, 0.3) is 5.91 Å². The summed E-state index contributed by atoms with van der Waals surface area (Å²) in [5.41, 5.74) is 0.844. The highest BCUT2D eigenvalue weighted by atomic mass is 79.9. The Balaban J connectivity index is 2.39. The number of rotatable bonds is 5. The maximum atomic E-state index is 11.7. The Morgan fingerprint density at radius 2 is 2.05 bits per heavy atom. The fourth-order valence-corrected chi connectivity index (χ4v) is 3.41. The zero-order chi connectivity index (χ0) is 15.4. The molecule has 4 nitrogen and oxygen atoms in total. The third-order valence-corrected chi connectivity index (χ3v) is 4.31. The number of benzene rings is 1. The molecule has 0 aromatic heterocycles. The molecule has 21 heavy (non-hydrogen) atoms. The van der Waals surface area contributed by atoms with E-state index in [4.69, 9.17) is 21.7 Å². The fraction of sp³-hybridized carbons (Fsp3) is 0.286. The number of carbonyl (C=O) groups is 1. The molecular weight excluding hydrogens is 374 g/mol. The predicted molar refractivity (Wildman–Crippen MR) is 92.8 cm³/mol. The topological polar surface area (TPSA) is 47.6 Å². The average molecular weight is 388 g/mol. The van der Waals surface area contributed by atoms with E-state index < -0.39 is 0 Å². The molecule has 1 N–H and O–H groups in total. The van der Waals surface area contributed by atoms with Crippen molar-refractivity contribution in [2.24, 2.45) is 0 Å². The van der Waals surface area contributed by atoms with E-state index in [1.165, 1.54) is 11.8 Å². The Hall–Kier alpha value is -1.05. The van der Waals surface area contributed by atoms with Crippen molar-refractivity contribution in [3.05, 3.63) is 27.1 Å². The van der Waals surface area contributed by atoms with Crippen molar-refractivity contribution < 1.29 is 14.3 Å². The summed E-state index contributed by atoms with van der Waals surface area (Å²) in [6.07, 6.45) is 1.78. The minimum absolute atomic E-state index is 0.173. The van der Waals surface area contributed by atoms with Crippen LogP contribution in [0.1, 0.15) is 19.4 Å². The van der Waals surface area contributed by atoms with Crippen LogP contribution in [0, 0.1) is 0 Å². The lowest BCUT2D eigenvalue weighted by atomic mass is 10.2. The van der Waals surface area contributed by atoms with Gasteiger partial charge in [0, 0.05) is 0 Å². The van der Waals surface area contributed by atoms with Gasteiger partial charge in [-0.2, -0.15) is 0 Å². The van der Waals surface area contributed by atoms with Crippen LogP contribution in [0.2, 0.25) is 0 Å². The summed E-state index contributed by atoms with van der Waals surface area (Å²) in [6, 6.07) is 3.73. The van der Waals surface area contributed by atoms with Gasteiger partial charge >= 0.3 is 0 Å². The number of ether oxygens (including phenoxy) is 2. The molecule has 0 saturated carbocycles. The smallest absolute Gasteiger partial charge is 0.263 e. The van der Waals surface area contributed by atoms with Crippen molar-refractivity contribution >= 4 is 56.2 Å². The Labute approximate surface area is 141 Å². The first-order valence-corrected chi connectivity index (χ1v) is 8.41. The molecule has 1 aliphatic rings. The molecule has 1 aromatic carbocycles. The van der Waals surface area contributed by atoms with Gasteiger partial charge in [-0.05, 0) is 53.5 Å². The van der Waals surface area contributed by atoms with Crippen LogP contribution in [-0.4, -0.2) is 23.4 Å². The van der Waals surface area contributed by atoms with Crippen molar-refractivity contribution in [3.8, 4) is 11.5 Å². The van der Waals surface area contributed by atoms with Crippen LogP contribution < -0.4 is 14.8 Å². The van der Waals surface area contributed by atoms with E-state index in [1.807, 2.05) is 26.0 Å². The van der Waals surface area contributed by atoms with E-state index in [0.717, 1.165) is 10.0 Å². The molecular formula is C14H14BrNO3S2. The molecule has 0 unspecified atom stereocenters. The van der Waals surface area contributed by atoms with Gasteiger partial charge in [-0.1, -0.05) is 24.0 Å². The van der Waals surface area contributed by atoms with Crippen LogP contribution in [-0.2, 0) is 4.79 Å². The van der Waals surface area contributed by atoms with Gasteiger partial charge in [-0.3, -0.25) is 4.79 Å². The molecule has 1 fully saturated rings.